The lowest BCUT2D eigenvalue weighted by atomic mass is 9.86. The second-order valence-electron chi connectivity index (χ2n) is 7.60. The highest BCUT2D eigenvalue weighted by Gasteiger charge is 2.64. The molecule has 2 aromatic rings. The largest absolute Gasteiger partial charge is 0.497 e. The quantitative estimate of drug-likeness (QED) is 0.497. The van der Waals surface area contributed by atoms with Crippen molar-refractivity contribution in [1.29, 1.82) is 0 Å². The Morgan fingerprint density at radius 2 is 1.68 bits per heavy atom. The van der Waals surface area contributed by atoms with Crippen molar-refractivity contribution in [3.05, 3.63) is 70.7 Å². The fourth-order valence-corrected chi connectivity index (χ4v) is 4.87. The summed E-state index contributed by atoms with van der Waals surface area (Å²) >= 11 is 3.37. The number of fused-ring (bicyclic) bond motifs is 3. The lowest BCUT2D eigenvalue weighted by Crippen LogP contribution is -2.46. The number of hydrogen-bond acceptors (Lipinski definition) is 6. The molecule has 0 saturated carbocycles. The lowest BCUT2D eigenvalue weighted by Gasteiger charge is -2.30. The second kappa shape index (κ2) is 7.46. The van der Waals surface area contributed by atoms with Crippen LogP contribution in [0.1, 0.15) is 10.4 Å². The third-order valence-electron chi connectivity index (χ3n) is 6.02. The van der Waals surface area contributed by atoms with Gasteiger partial charge in [-0.25, -0.2) is 4.90 Å². The van der Waals surface area contributed by atoms with E-state index in [0.717, 1.165) is 4.47 Å². The Morgan fingerprint density at radius 1 is 1.00 bits per heavy atom. The molecule has 2 fully saturated rings. The molecule has 2 aromatic carbocycles. The van der Waals surface area contributed by atoms with Crippen LogP contribution in [0.15, 0.2) is 70.3 Å². The van der Waals surface area contributed by atoms with Crippen LogP contribution in [0.3, 0.4) is 0 Å². The van der Waals surface area contributed by atoms with Gasteiger partial charge in [-0.05, 0) is 54.6 Å². The van der Waals surface area contributed by atoms with Gasteiger partial charge in [-0.15, -0.1) is 0 Å². The predicted molar refractivity (Wildman–Crippen MR) is 118 cm³/mol. The molecule has 0 aromatic heterocycles. The minimum atomic E-state index is -0.860. The van der Waals surface area contributed by atoms with Crippen LogP contribution in [0, 0.1) is 11.8 Å². The zero-order valence-electron chi connectivity index (χ0n) is 16.5. The number of benzene rings is 2. The Balaban J connectivity index is 1.55. The van der Waals surface area contributed by atoms with Crippen molar-refractivity contribution in [3.63, 3.8) is 0 Å². The number of carbonyl (C=O) groups excluding carboxylic acids is 3. The van der Waals surface area contributed by atoms with Crippen LogP contribution >= 0.6 is 15.9 Å². The van der Waals surface area contributed by atoms with Crippen molar-refractivity contribution < 1.29 is 19.1 Å². The van der Waals surface area contributed by atoms with Crippen LogP contribution in [0.25, 0.3) is 0 Å². The first-order valence-corrected chi connectivity index (χ1v) is 10.6. The van der Waals surface area contributed by atoms with Crippen molar-refractivity contribution in [1.82, 2.24) is 5.01 Å². The van der Waals surface area contributed by atoms with Crippen LogP contribution in [-0.2, 0) is 9.59 Å². The molecule has 31 heavy (non-hydrogen) atoms. The first-order valence-electron chi connectivity index (χ1n) is 9.82. The molecule has 3 heterocycles. The number of amides is 2. The second-order valence-corrected chi connectivity index (χ2v) is 8.51. The number of Topliss-reactive ketones (excluding diaryl/α,β-unsaturated/α-hetero) is 1. The van der Waals surface area contributed by atoms with Crippen LogP contribution in [0.2, 0.25) is 0 Å². The molecule has 0 radical (unpaired) electrons. The fourth-order valence-electron chi connectivity index (χ4n) is 4.61. The van der Waals surface area contributed by atoms with E-state index in [0.29, 0.717) is 17.0 Å². The van der Waals surface area contributed by atoms with E-state index in [4.69, 9.17) is 4.74 Å². The standard InChI is InChI=1S/C23H18BrN3O4/c1-31-16-10-4-13(5-11-16)21(28)20-19-18(17-3-2-12-25-27(17)20)22(29)26(23(19)30)15-8-6-14(24)7-9-15/h2-12,17-20H,1H3/t17-,18-,19+,20-/m0/s1. The molecular formula is C23H18BrN3O4. The highest BCUT2D eigenvalue weighted by atomic mass is 79.9. The summed E-state index contributed by atoms with van der Waals surface area (Å²) in [6.07, 6.45) is 5.16. The SMILES string of the molecule is COc1ccc(C(=O)[C@@H]2[C@@H]3C(=O)N(c4ccc(Br)cc4)C(=O)[C@H]3[C@@H]3C=CC=NN23)cc1. The number of hydrogen-bond donors (Lipinski definition) is 0. The van der Waals surface area contributed by atoms with Gasteiger partial charge in [0.2, 0.25) is 11.8 Å². The van der Waals surface area contributed by atoms with Gasteiger partial charge in [-0.3, -0.25) is 19.4 Å². The van der Waals surface area contributed by atoms with Crippen LogP contribution in [0.4, 0.5) is 5.69 Å². The van der Waals surface area contributed by atoms with Gasteiger partial charge in [0.15, 0.2) is 5.78 Å². The summed E-state index contributed by atoms with van der Waals surface area (Å²) in [5, 5.41) is 5.97. The molecule has 7 nitrogen and oxygen atoms in total. The number of halogens is 1. The molecule has 3 aliphatic heterocycles. The molecule has 8 heteroatoms. The van der Waals surface area contributed by atoms with Crippen molar-refractivity contribution >= 4 is 45.4 Å². The summed E-state index contributed by atoms with van der Waals surface area (Å²) in [5.41, 5.74) is 0.940. The van der Waals surface area contributed by atoms with E-state index in [1.54, 1.807) is 72.9 Å². The summed E-state index contributed by atoms with van der Waals surface area (Å²) in [5.74, 6) is -1.77. The number of rotatable bonds is 4. The van der Waals surface area contributed by atoms with Gasteiger partial charge in [0.1, 0.15) is 11.8 Å². The number of hydrazone groups is 1. The fraction of sp³-hybridized carbons (Fsp3) is 0.217. The van der Waals surface area contributed by atoms with Gasteiger partial charge in [0.05, 0.1) is 30.7 Å². The third kappa shape index (κ3) is 3.01. The maximum absolute atomic E-state index is 13.5. The smallest absolute Gasteiger partial charge is 0.240 e. The molecule has 4 atom stereocenters. The van der Waals surface area contributed by atoms with E-state index < -0.39 is 23.9 Å². The Kier molecular flexibility index (Phi) is 4.74. The summed E-state index contributed by atoms with van der Waals surface area (Å²) in [6, 6.07) is 12.4. The predicted octanol–water partition coefficient (Wildman–Crippen LogP) is 3.05. The van der Waals surface area contributed by atoms with Gasteiger partial charge < -0.3 is 4.74 Å². The van der Waals surface area contributed by atoms with Gasteiger partial charge >= 0.3 is 0 Å². The first kappa shape index (κ1) is 19.7. The molecular weight excluding hydrogens is 462 g/mol. The summed E-state index contributed by atoms with van der Waals surface area (Å²) in [6.45, 7) is 0. The number of imide groups is 1. The van der Waals surface area contributed by atoms with Crippen LogP contribution < -0.4 is 9.64 Å². The minimum absolute atomic E-state index is 0.244. The minimum Gasteiger partial charge on any atom is -0.497 e. The maximum Gasteiger partial charge on any atom is 0.240 e. The van der Waals surface area contributed by atoms with Gasteiger partial charge in [-0.1, -0.05) is 22.0 Å². The topological polar surface area (TPSA) is 79.3 Å². The van der Waals surface area contributed by atoms with E-state index >= 15 is 0 Å². The zero-order chi connectivity index (χ0) is 21.7. The zero-order valence-corrected chi connectivity index (χ0v) is 18.1. The molecule has 156 valence electrons. The molecule has 0 aliphatic carbocycles. The van der Waals surface area contributed by atoms with E-state index in [1.807, 2.05) is 6.08 Å². The molecule has 0 unspecified atom stereocenters. The summed E-state index contributed by atoms with van der Waals surface area (Å²) in [7, 11) is 1.55. The van der Waals surface area contributed by atoms with Gasteiger partial charge in [-0.2, -0.15) is 5.10 Å². The Bertz CT molecular complexity index is 1130. The molecule has 0 N–H and O–H groups in total. The van der Waals surface area contributed by atoms with Crippen LogP contribution in [-0.4, -0.2) is 48.0 Å². The van der Waals surface area contributed by atoms with Crippen LogP contribution in [0.5, 0.6) is 5.75 Å². The Morgan fingerprint density at radius 3 is 2.35 bits per heavy atom. The molecule has 0 bridgehead atoms. The summed E-state index contributed by atoms with van der Waals surface area (Å²) < 4.78 is 6.02. The Labute approximate surface area is 187 Å². The van der Waals surface area contributed by atoms with E-state index in [9.17, 15) is 14.4 Å². The monoisotopic (exact) mass is 479 g/mol. The highest BCUT2D eigenvalue weighted by molar-refractivity contribution is 9.10. The van der Waals surface area contributed by atoms with Gasteiger partial charge in [0, 0.05) is 16.3 Å². The first-order chi connectivity index (χ1) is 15.0. The molecule has 3 aliphatic rings. The van der Waals surface area contributed by atoms with Crippen molar-refractivity contribution in [2.45, 2.75) is 12.1 Å². The molecule has 5 rings (SSSR count). The van der Waals surface area contributed by atoms with Crippen molar-refractivity contribution in [2.75, 3.05) is 12.0 Å². The van der Waals surface area contributed by atoms with Crippen molar-refractivity contribution in [2.24, 2.45) is 16.9 Å². The number of nitrogens with zero attached hydrogens (tertiary/aromatic N) is 3. The average molecular weight is 480 g/mol. The van der Waals surface area contributed by atoms with E-state index in [2.05, 4.69) is 21.0 Å². The van der Waals surface area contributed by atoms with E-state index in [-0.39, 0.29) is 17.6 Å². The van der Waals surface area contributed by atoms with Crippen molar-refractivity contribution in [3.8, 4) is 5.75 Å². The number of methoxy groups -OCH3 is 1. The maximum atomic E-state index is 13.5. The third-order valence-corrected chi connectivity index (χ3v) is 6.55. The normalized spacial score (nSPS) is 26.3. The molecule has 2 saturated heterocycles. The number of ketones is 1. The van der Waals surface area contributed by atoms with E-state index in [1.165, 1.54) is 4.90 Å². The number of carbonyl (C=O) groups is 3. The number of allylic oxidation sites excluding steroid dienone is 1. The Hall–Kier alpha value is -3.26. The average Bonchev–Trinajstić information content (AvgIpc) is 3.27. The lowest BCUT2D eigenvalue weighted by molar-refractivity contribution is -0.123. The summed E-state index contributed by atoms with van der Waals surface area (Å²) in [4.78, 5) is 41.6. The van der Waals surface area contributed by atoms with Gasteiger partial charge in [0.25, 0.3) is 0 Å². The molecule has 2 amide bonds. The highest BCUT2D eigenvalue weighted by Crippen LogP contribution is 2.46. The number of ether oxygens (including phenoxy) is 1. The number of anilines is 1. The molecule has 0 spiro atoms.